The number of hydrogen-bond donors (Lipinski definition) is 1. The zero-order valence-electron chi connectivity index (χ0n) is 16.8. The molecule has 29 heavy (non-hydrogen) atoms. The summed E-state index contributed by atoms with van der Waals surface area (Å²) >= 11 is 0. The molecule has 2 atom stereocenters. The summed E-state index contributed by atoms with van der Waals surface area (Å²) in [7, 11) is 0. The maximum atomic E-state index is 11.4. The van der Waals surface area contributed by atoms with Crippen LogP contribution in [0.2, 0.25) is 0 Å². The fraction of sp³-hybridized carbons (Fsp3) is 0.417. The fourth-order valence-corrected chi connectivity index (χ4v) is 5.08. The van der Waals surface area contributed by atoms with Crippen molar-refractivity contribution in [2.45, 2.75) is 63.7 Å². The zero-order valence-corrected chi connectivity index (χ0v) is 16.8. The first-order valence-corrected chi connectivity index (χ1v) is 10.6. The van der Waals surface area contributed by atoms with E-state index in [1.54, 1.807) is 6.92 Å². The van der Waals surface area contributed by atoms with Gasteiger partial charge in [-0.25, -0.2) is 4.98 Å². The molecule has 0 aliphatic carbocycles. The normalized spacial score (nSPS) is 24.1. The summed E-state index contributed by atoms with van der Waals surface area (Å²) in [5, 5.41) is 3.13. The number of oxazole rings is 1. The lowest BCUT2D eigenvalue weighted by atomic mass is 9.96. The molecule has 2 fully saturated rings. The Labute approximate surface area is 171 Å². The second kappa shape index (κ2) is 7.64. The van der Waals surface area contributed by atoms with Crippen LogP contribution in [0.1, 0.15) is 49.6 Å². The van der Waals surface area contributed by atoms with Crippen molar-refractivity contribution in [3.8, 4) is 0 Å². The molecule has 0 spiro atoms. The Morgan fingerprint density at radius 2 is 1.76 bits per heavy atom. The number of piperidine rings is 1. The maximum absolute atomic E-state index is 11.4. The summed E-state index contributed by atoms with van der Waals surface area (Å²) in [6.45, 7) is 2.61. The molecule has 1 aromatic heterocycles. The first-order valence-electron chi connectivity index (χ1n) is 10.6. The summed E-state index contributed by atoms with van der Waals surface area (Å²) in [5.41, 5.74) is 4.32. The van der Waals surface area contributed by atoms with Crippen LogP contribution >= 0.6 is 0 Å². The number of rotatable bonds is 5. The fourth-order valence-electron chi connectivity index (χ4n) is 5.08. The molecule has 2 bridgehead atoms. The molecule has 2 aliphatic rings. The summed E-state index contributed by atoms with van der Waals surface area (Å²) in [5.74, 6) is 0.856. The molecule has 2 unspecified atom stereocenters. The van der Waals surface area contributed by atoms with Gasteiger partial charge in [0.2, 0.25) is 5.91 Å². The van der Waals surface area contributed by atoms with Crippen molar-refractivity contribution in [3.63, 3.8) is 0 Å². The van der Waals surface area contributed by atoms with Gasteiger partial charge >= 0.3 is 0 Å². The number of carbonyl (C=O) groups is 1. The van der Waals surface area contributed by atoms with Gasteiger partial charge in [-0.3, -0.25) is 9.69 Å². The first kappa shape index (κ1) is 18.4. The van der Waals surface area contributed by atoms with Crippen molar-refractivity contribution in [1.82, 2.24) is 15.2 Å². The number of para-hydroxylation sites is 2. The molecular formula is C24H27N3O2. The van der Waals surface area contributed by atoms with Crippen molar-refractivity contribution >= 4 is 17.0 Å². The van der Waals surface area contributed by atoms with Crippen LogP contribution in [0.5, 0.6) is 0 Å². The van der Waals surface area contributed by atoms with Crippen LogP contribution in [0.4, 0.5) is 0 Å². The van der Waals surface area contributed by atoms with E-state index in [1.165, 1.54) is 24.0 Å². The molecule has 2 saturated heterocycles. The number of nitrogens with one attached hydrogen (secondary N) is 1. The quantitative estimate of drug-likeness (QED) is 0.715. The van der Waals surface area contributed by atoms with E-state index < -0.39 is 0 Å². The Morgan fingerprint density at radius 3 is 2.45 bits per heavy atom. The van der Waals surface area contributed by atoms with Crippen molar-refractivity contribution < 1.29 is 9.21 Å². The second-order valence-corrected chi connectivity index (χ2v) is 8.49. The monoisotopic (exact) mass is 389 g/mol. The van der Waals surface area contributed by atoms with E-state index in [4.69, 9.17) is 4.42 Å². The van der Waals surface area contributed by atoms with Crippen LogP contribution in [0.15, 0.2) is 52.9 Å². The molecular weight excluding hydrogens is 362 g/mol. The number of aromatic nitrogens is 1. The summed E-state index contributed by atoms with van der Waals surface area (Å²) in [6, 6.07) is 18.3. The van der Waals surface area contributed by atoms with E-state index in [0.29, 0.717) is 24.5 Å². The molecule has 0 radical (unpaired) electrons. The number of carbonyl (C=O) groups excluding carboxylic acids is 1. The molecule has 5 rings (SSSR count). The van der Waals surface area contributed by atoms with E-state index in [1.807, 2.05) is 24.3 Å². The molecule has 0 saturated carbocycles. The van der Waals surface area contributed by atoms with Gasteiger partial charge in [0, 0.05) is 38.0 Å². The third-order valence-electron chi connectivity index (χ3n) is 6.37. The molecule has 5 heteroatoms. The van der Waals surface area contributed by atoms with Gasteiger partial charge in [0.05, 0.1) is 0 Å². The van der Waals surface area contributed by atoms with E-state index in [-0.39, 0.29) is 5.91 Å². The highest BCUT2D eigenvalue weighted by Gasteiger charge is 2.40. The largest absolute Gasteiger partial charge is 0.440 e. The van der Waals surface area contributed by atoms with Crippen LogP contribution in [0, 0.1) is 0 Å². The third kappa shape index (κ3) is 3.92. The smallest absolute Gasteiger partial charge is 0.217 e. The Morgan fingerprint density at radius 1 is 1.07 bits per heavy atom. The SMILES string of the molecule is CC(=O)NC1CC2CCC(C1)N2Cc1ccc(Cc2nc3ccccc3o2)cc1. The molecule has 2 aromatic carbocycles. The van der Waals surface area contributed by atoms with E-state index in [2.05, 4.69) is 39.5 Å². The molecule has 5 nitrogen and oxygen atoms in total. The highest BCUT2D eigenvalue weighted by atomic mass is 16.3. The Kier molecular flexibility index (Phi) is 4.84. The van der Waals surface area contributed by atoms with E-state index in [9.17, 15) is 4.79 Å². The highest BCUT2D eigenvalue weighted by Crippen LogP contribution is 2.36. The minimum absolute atomic E-state index is 0.0948. The number of benzene rings is 2. The topological polar surface area (TPSA) is 58.4 Å². The zero-order chi connectivity index (χ0) is 19.8. The predicted molar refractivity (Wildman–Crippen MR) is 112 cm³/mol. The average molecular weight is 389 g/mol. The lowest BCUT2D eigenvalue weighted by Gasteiger charge is -2.39. The van der Waals surface area contributed by atoms with Crippen molar-refractivity contribution in [3.05, 3.63) is 65.5 Å². The maximum Gasteiger partial charge on any atom is 0.217 e. The minimum atomic E-state index is 0.0948. The van der Waals surface area contributed by atoms with E-state index >= 15 is 0 Å². The molecule has 2 aliphatic heterocycles. The Balaban J connectivity index is 1.22. The van der Waals surface area contributed by atoms with Gasteiger partial charge in [0.1, 0.15) is 5.52 Å². The van der Waals surface area contributed by atoms with Gasteiger partial charge in [-0.15, -0.1) is 0 Å². The minimum Gasteiger partial charge on any atom is -0.440 e. The van der Waals surface area contributed by atoms with Gasteiger partial charge in [-0.2, -0.15) is 0 Å². The summed E-state index contributed by atoms with van der Waals surface area (Å²) in [6.07, 6.45) is 5.35. The van der Waals surface area contributed by atoms with Crippen molar-refractivity contribution in [2.75, 3.05) is 0 Å². The molecule has 150 valence electrons. The summed E-state index contributed by atoms with van der Waals surface area (Å²) < 4.78 is 5.85. The second-order valence-electron chi connectivity index (χ2n) is 8.49. The molecule has 3 heterocycles. The lowest BCUT2D eigenvalue weighted by Crippen LogP contribution is -2.49. The van der Waals surface area contributed by atoms with E-state index in [0.717, 1.165) is 36.4 Å². The molecule has 3 aromatic rings. The van der Waals surface area contributed by atoms with Gasteiger partial charge in [0.15, 0.2) is 11.5 Å². The predicted octanol–water partition coefficient (Wildman–Crippen LogP) is 4.05. The number of hydrogen-bond acceptors (Lipinski definition) is 4. The van der Waals surface area contributed by atoms with Crippen LogP contribution in [0.3, 0.4) is 0 Å². The van der Waals surface area contributed by atoms with Gasteiger partial charge in [-0.1, -0.05) is 36.4 Å². The van der Waals surface area contributed by atoms with Gasteiger partial charge in [-0.05, 0) is 48.9 Å². The lowest BCUT2D eigenvalue weighted by molar-refractivity contribution is -0.120. The Bertz CT molecular complexity index is 963. The molecule has 1 N–H and O–H groups in total. The van der Waals surface area contributed by atoms with Crippen molar-refractivity contribution in [1.29, 1.82) is 0 Å². The van der Waals surface area contributed by atoms with Gasteiger partial charge in [0.25, 0.3) is 0 Å². The number of amides is 1. The highest BCUT2D eigenvalue weighted by molar-refractivity contribution is 5.73. The number of nitrogens with zero attached hydrogens (tertiary/aromatic N) is 2. The summed E-state index contributed by atoms with van der Waals surface area (Å²) in [4.78, 5) is 18.6. The van der Waals surface area contributed by atoms with Crippen LogP contribution in [-0.2, 0) is 17.8 Å². The van der Waals surface area contributed by atoms with Crippen LogP contribution in [0.25, 0.3) is 11.1 Å². The average Bonchev–Trinajstić information content (AvgIpc) is 3.20. The molecule has 1 amide bonds. The van der Waals surface area contributed by atoms with Gasteiger partial charge < -0.3 is 9.73 Å². The van der Waals surface area contributed by atoms with Crippen LogP contribution in [-0.4, -0.2) is 33.9 Å². The Hall–Kier alpha value is -2.66. The third-order valence-corrected chi connectivity index (χ3v) is 6.37. The first-order chi connectivity index (χ1) is 14.1. The van der Waals surface area contributed by atoms with Crippen molar-refractivity contribution in [2.24, 2.45) is 0 Å². The standard InChI is InChI=1S/C24H27N3O2/c1-16(28)25-19-13-20-10-11-21(14-19)27(20)15-18-8-6-17(7-9-18)12-24-26-22-4-2-3-5-23(22)29-24/h2-9,19-21H,10-15H2,1H3,(H,25,28). The van der Waals surface area contributed by atoms with Crippen LogP contribution < -0.4 is 5.32 Å². The number of fused-ring (bicyclic) bond motifs is 3.